The first kappa shape index (κ1) is 14.5. The first-order chi connectivity index (χ1) is 9.19. The maximum Gasteiger partial charge on any atom is 0.275 e. The number of carbonyl (C=O) groups is 1. The SMILES string of the molecule is CN(Cc1ccc(C(=O)NN)s1)CC1CCCOC1. The van der Waals surface area contributed by atoms with E-state index in [0.717, 1.165) is 26.3 Å². The van der Waals surface area contributed by atoms with E-state index in [9.17, 15) is 4.79 Å². The molecule has 1 aliphatic heterocycles. The van der Waals surface area contributed by atoms with Crippen LogP contribution in [0.3, 0.4) is 0 Å². The second-order valence-corrected chi connectivity index (χ2v) is 6.19. The van der Waals surface area contributed by atoms with Crippen LogP contribution in [0.2, 0.25) is 0 Å². The Morgan fingerprint density at radius 2 is 2.47 bits per heavy atom. The van der Waals surface area contributed by atoms with Crippen molar-refractivity contribution < 1.29 is 9.53 Å². The van der Waals surface area contributed by atoms with Crippen LogP contribution in [0.15, 0.2) is 12.1 Å². The van der Waals surface area contributed by atoms with Crippen molar-refractivity contribution in [1.82, 2.24) is 10.3 Å². The van der Waals surface area contributed by atoms with Crippen LogP contribution in [0.1, 0.15) is 27.4 Å². The lowest BCUT2D eigenvalue weighted by Crippen LogP contribution is -2.30. The molecule has 0 spiro atoms. The second kappa shape index (κ2) is 7.00. The van der Waals surface area contributed by atoms with Gasteiger partial charge in [0.1, 0.15) is 0 Å². The zero-order chi connectivity index (χ0) is 13.7. The van der Waals surface area contributed by atoms with Gasteiger partial charge in [0, 0.05) is 24.6 Å². The van der Waals surface area contributed by atoms with E-state index in [1.165, 1.54) is 29.1 Å². The molecule has 3 N–H and O–H groups in total. The Kier molecular flexibility index (Phi) is 5.33. The number of hydrogen-bond donors (Lipinski definition) is 2. The van der Waals surface area contributed by atoms with Gasteiger partial charge in [0.2, 0.25) is 0 Å². The van der Waals surface area contributed by atoms with Crippen LogP contribution in [0.4, 0.5) is 0 Å². The zero-order valence-corrected chi connectivity index (χ0v) is 12.0. The predicted molar refractivity (Wildman–Crippen MR) is 75.8 cm³/mol. The van der Waals surface area contributed by atoms with Crippen LogP contribution in [0, 0.1) is 5.92 Å². The summed E-state index contributed by atoms with van der Waals surface area (Å²) in [6.07, 6.45) is 2.41. The first-order valence-corrected chi connectivity index (χ1v) is 7.36. The van der Waals surface area contributed by atoms with Gasteiger partial charge in [0.25, 0.3) is 5.91 Å². The van der Waals surface area contributed by atoms with Gasteiger partial charge in [0.15, 0.2) is 0 Å². The Morgan fingerprint density at radius 1 is 1.63 bits per heavy atom. The Morgan fingerprint density at radius 3 is 3.16 bits per heavy atom. The third-order valence-electron chi connectivity index (χ3n) is 3.27. The normalized spacial score (nSPS) is 19.6. The molecule has 1 unspecified atom stereocenters. The molecule has 1 atom stereocenters. The highest BCUT2D eigenvalue weighted by Crippen LogP contribution is 2.20. The monoisotopic (exact) mass is 283 g/mol. The number of thiophene rings is 1. The van der Waals surface area contributed by atoms with Crippen molar-refractivity contribution in [2.75, 3.05) is 26.8 Å². The molecule has 19 heavy (non-hydrogen) atoms. The van der Waals surface area contributed by atoms with Crippen LogP contribution >= 0.6 is 11.3 Å². The summed E-state index contributed by atoms with van der Waals surface area (Å²) in [5.74, 6) is 5.53. The minimum atomic E-state index is -0.223. The van der Waals surface area contributed by atoms with E-state index in [4.69, 9.17) is 10.6 Å². The molecular weight excluding hydrogens is 262 g/mol. The summed E-state index contributed by atoms with van der Waals surface area (Å²) in [5, 5.41) is 0. The number of nitrogens with two attached hydrogens (primary N) is 1. The lowest BCUT2D eigenvalue weighted by molar-refractivity contribution is 0.0413. The fraction of sp³-hybridized carbons (Fsp3) is 0.615. The number of carbonyl (C=O) groups excluding carboxylic acids is 1. The highest BCUT2D eigenvalue weighted by molar-refractivity contribution is 7.14. The van der Waals surface area contributed by atoms with Gasteiger partial charge in [-0.2, -0.15) is 0 Å². The van der Waals surface area contributed by atoms with Gasteiger partial charge in [-0.3, -0.25) is 10.2 Å². The van der Waals surface area contributed by atoms with Crippen LogP contribution in [0.5, 0.6) is 0 Å². The highest BCUT2D eigenvalue weighted by Gasteiger charge is 2.16. The molecule has 6 heteroatoms. The maximum atomic E-state index is 11.4. The third-order valence-corrected chi connectivity index (χ3v) is 4.34. The van der Waals surface area contributed by atoms with E-state index in [1.807, 2.05) is 12.1 Å². The van der Waals surface area contributed by atoms with Gasteiger partial charge in [-0.1, -0.05) is 0 Å². The molecule has 1 saturated heterocycles. The molecule has 2 heterocycles. The topological polar surface area (TPSA) is 67.6 Å². The highest BCUT2D eigenvalue weighted by atomic mass is 32.1. The molecule has 1 fully saturated rings. The minimum absolute atomic E-state index is 0.223. The van der Waals surface area contributed by atoms with Gasteiger partial charge in [-0.05, 0) is 37.9 Å². The lowest BCUT2D eigenvalue weighted by Gasteiger charge is -2.26. The van der Waals surface area contributed by atoms with Gasteiger partial charge in [-0.25, -0.2) is 5.84 Å². The van der Waals surface area contributed by atoms with Crippen LogP contribution in [-0.4, -0.2) is 37.6 Å². The van der Waals surface area contributed by atoms with E-state index >= 15 is 0 Å². The van der Waals surface area contributed by atoms with Gasteiger partial charge in [0.05, 0.1) is 11.5 Å². The average molecular weight is 283 g/mol. The number of amides is 1. The van der Waals surface area contributed by atoms with Crippen molar-refractivity contribution in [3.8, 4) is 0 Å². The summed E-state index contributed by atoms with van der Waals surface area (Å²) >= 11 is 1.49. The molecule has 0 saturated carbocycles. The molecule has 0 aromatic carbocycles. The summed E-state index contributed by atoms with van der Waals surface area (Å²) in [5.41, 5.74) is 2.15. The molecule has 1 amide bonds. The fourth-order valence-corrected chi connectivity index (χ4v) is 3.37. The maximum absolute atomic E-state index is 11.4. The number of hydrazine groups is 1. The van der Waals surface area contributed by atoms with Gasteiger partial charge >= 0.3 is 0 Å². The van der Waals surface area contributed by atoms with E-state index in [2.05, 4.69) is 17.4 Å². The molecule has 1 aromatic heterocycles. The molecule has 2 rings (SSSR count). The number of nitrogens with one attached hydrogen (secondary N) is 1. The van der Waals surface area contributed by atoms with Crippen molar-refractivity contribution in [2.24, 2.45) is 11.8 Å². The summed E-state index contributed by atoms with van der Waals surface area (Å²) in [4.78, 5) is 15.5. The van der Waals surface area contributed by atoms with Crippen molar-refractivity contribution in [2.45, 2.75) is 19.4 Å². The van der Waals surface area contributed by atoms with Crippen molar-refractivity contribution in [3.63, 3.8) is 0 Å². The molecular formula is C13H21N3O2S. The summed E-state index contributed by atoms with van der Waals surface area (Å²) < 4.78 is 5.49. The Labute approximate surface area is 117 Å². The minimum Gasteiger partial charge on any atom is -0.381 e. The predicted octanol–water partition coefficient (Wildman–Crippen LogP) is 1.21. The number of hydrogen-bond acceptors (Lipinski definition) is 5. The van der Waals surface area contributed by atoms with Crippen LogP contribution in [0.25, 0.3) is 0 Å². The second-order valence-electron chi connectivity index (χ2n) is 5.02. The molecule has 0 aliphatic carbocycles. The number of nitrogen functional groups attached to an aromatic ring is 1. The quantitative estimate of drug-likeness (QED) is 0.484. The van der Waals surface area contributed by atoms with Crippen molar-refractivity contribution >= 4 is 17.2 Å². The van der Waals surface area contributed by atoms with Crippen LogP contribution < -0.4 is 11.3 Å². The molecule has 1 aliphatic rings. The average Bonchev–Trinajstić information content (AvgIpc) is 2.87. The van der Waals surface area contributed by atoms with Gasteiger partial charge < -0.3 is 9.64 Å². The number of ether oxygens (including phenoxy) is 1. The molecule has 0 bridgehead atoms. The zero-order valence-electron chi connectivity index (χ0n) is 11.2. The number of nitrogens with zero attached hydrogens (tertiary/aromatic N) is 1. The largest absolute Gasteiger partial charge is 0.381 e. The first-order valence-electron chi connectivity index (χ1n) is 6.55. The number of rotatable bonds is 5. The van der Waals surface area contributed by atoms with Crippen molar-refractivity contribution in [3.05, 3.63) is 21.9 Å². The van der Waals surface area contributed by atoms with E-state index < -0.39 is 0 Å². The molecule has 106 valence electrons. The van der Waals surface area contributed by atoms with Crippen LogP contribution in [-0.2, 0) is 11.3 Å². The Bertz CT molecular complexity index is 416. The van der Waals surface area contributed by atoms with E-state index in [0.29, 0.717) is 10.8 Å². The Balaban J connectivity index is 1.82. The van der Waals surface area contributed by atoms with Crippen molar-refractivity contribution in [1.29, 1.82) is 0 Å². The smallest absolute Gasteiger partial charge is 0.275 e. The molecule has 5 nitrogen and oxygen atoms in total. The van der Waals surface area contributed by atoms with Gasteiger partial charge in [-0.15, -0.1) is 11.3 Å². The Hall–Kier alpha value is -0.950. The summed E-state index contributed by atoms with van der Waals surface area (Å²) in [7, 11) is 2.11. The fourth-order valence-electron chi connectivity index (χ4n) is 2.38. The summed E-state index contributed by atoms with van der Waals surface area (Å²) in [6.45, 7) is 3.67. The van der Waals surface area contributed by atoms with E-state index in [1.54, 1.807) is 0 Å². The standard InChI is InChI=1S/C13H21N3O2S/c1-16(7-10-3-2-6-18-9-10)8-11-4-5-12(19-11)13(17)15-14/h4-5,10H,2-3,6-9,14H2,1H3,(H,15,17). The third kappa shape index (κ3) is 4.28. The lowest BCUT2D eigenvalue weighted by atomic mass is 10.0. The molecule has 0 radical (unpaired) electrons. The van der Waals surface area contributed by atoms with E-state index in [-0.39, 0.29) is 5.91 Å². The summed E-state index contributed by atoms with van der Waals surface area (Å²) in [6, 6.07) is 3.81. The molecule has 1 aromatic rings.